The zero-order chi connectivity index (χ0) is 11.9. The smallest absolute Gasteiger partial charge is 0.109 e. The Morgan fingerprint density at radius 1 is 1.44 bits per heavy atom. The van der Waals surface area contributed by atoms with Crippen LogP contribution in [0.4, 0.5) is 0 Å². The van der Waals surface area contributed by atoms with E-state index < -0.39 is 7.14 Å². The lowest BCUT2D eigenvalue weighted by Gasteiger charge is -2.09. The average molecular weight is 237 g/mol. The number of nitrogens with two attached hydrogens (primary N) is 1. The zero-order valence-corrected chi connectivity index (χ0v) is 11.1. The van der Waals surface area contributed by atoms with Crippen LogP contribution in [-0.4, -0.2) is 19.4 Å². The molecule has 2 rings (SSSR count). The van der Waals surface area contributed by atoms with Crippen molar-refractivity contribution in [1.29, 1.82) is 0 Å². The molecule has 1 aromatic rings. The van der Waals surface area contributed by atoms with Crippen molar-refractivity contribution in [3.8, 4) is 0 Å². The molecule has 2 nitrogen and oxygen atoms in total. The Hall–Kier alpha value is -0.590. The molecule has 1 fully saturated rings. The molecule has 3 unspecified atom stereocenters. The van der Waals surface area contributed by atoms with Crippen LogP contribution in [0.1, 0.15) is 24.8 Å². The summed E-state index contributed by atoms with van der Waals surface area (Å²) >= 11 is 0. The van der Waals surface area contributed by atoms with E-state index in [-0.39, 0.29) is 6.04 Å². The van der Waals surface area contributed by atoms with E-state index in [1.807, 2.05) is 25.5 Å². The summed E-state index contributed by atoms with van der Waals surface area (Å²) in [5.41, 5.74) is 7.20. The molecular weight excluding hydrogens is 217 g/mol. The number of rotatable bonds is 3. The molecule has 88 valence electrons. The van der Waals surface area contributed by atoms with Crippen LogP contribution in [0, 0.1) is 5.92 Å². The Bertz CT molecular complexity index is 435. The van der Waals surface area contributed by atoms with Crippen molar-refractivity contribution in [3.63, 3.8) is 0 Å². The van der Waals surface area contributed by atoms with E-state index in [1.165, 1.54) is 12.0 Å². The number of hydrogen-bond donors (Lipinski definition) is 1. The Labute approximate surface area is 97.6 Å². The fourth-order valence-electron chi connectivity index (χ4n) is 2.27. The van der Waals surface area contributed by atoms with Gasteiger partial charge in [-0.2, -0.15) is 0 Å². The molecule has 0 heterocycles. The fourth-order valence-corrected chi connectivity index (χ4v) is 3.17. The van der Waals surface area contributed by atoms with Crippen LogP contribution in [0.2, 0.25) is 0 Å². The van der Waals surface area contributed by atoms with Crippen molar-refractivity contribution >= 4 is 12.4 Å². The fraction of sp³-hybridized carbons (Fsp3) is 0.538. The lowest BCUT2D eigenvalue weighted by molar-refractivity contribution is 0.588. The molecule has 0 bridgehead atoms. The Morgan fingerprint density at radius 3 is 2.62 bits per heavy atom. The van der Waals surface area contributed by atoms with Gasteiger partial charge in [-0.1, -0.05) is 18.2 Å². The minimum atomic E-state index is -2.13. The largest absolute Gasteiger partial charge is 0.328 e. The van der Waals surface area contributed by atoms with Gasteiger partial charge in [-0.3, -0.25) is 0 Å². The number of hydrogen-bond acceptors (Lipinski definition) is 2. The van der Waals surface area contributed by atoms with E-state index in [0.717, 1.165) is 5.30 Å². The second-order valence-electron chi connectivity index (χ2n) is 5.31. The van der Waals surface area contributed by atoms with Crippen molar-refractivity contribution in [2.45, 2.75) is 25.3 Å². The molecule has 0 amide bonds. The molecule has 0 aromatic heterocycles. The van der Waals surface area contributed by atoms with Gasteiger partial charge < -0.3 is 10.3 Å². The highest BCUT2D eigenvalue weighted by atomic mass is 31.2. The van der Waals surface area contributed by atoms with Gasteiger partial charge in [-0.15, -0.1) is 0 Å². The molecular formula is C13H20NOP. The lowest BCUT2D eigenvalue weighted by atomic mass is 10.1. The normalized spacial score (nSPS) is 26.5. The summed E-state index contributed by atoms with van der Waals surface area (Å²) in [5, 5.41) is 0.986. The van der Waals surface area contributed by atoms with Gasteiger partial charge in [0.05, 0.1) is 0 Å². The summed E-state index contributed by atoms with van der Waals surface area (Å²) < 4.78 is 12.0. The van der Waals surface area contributed by atoms with Crippen LogP contribution in [-0.2, 0) is 4.57 Å². The Kier molecular flexibility index (Phi) is 2.98. The van der Waals surface area contributed by atoms with Gasteiger partial charge in [-0.05, 0) is 50.1 Å². The van der Waals surface area contributed by atoms with E-state index in [0.29, 0.717) is 11.8 Å². The topological polar surface area (TPSA) is 43.1 Å². The highest BCUT2D eigenvalue weighted by Gasteiger charge is 2.40. The monoisotopic (exact) mass is 237 g/mol. The molecule has 3 atom stereocenters. The molecule has 1 aromatic carbocycles. The lowest BCUT2D eigenvalue weighted by Crippen LogP contribution is -2.18. The highest BCUT2D eigenvalue weighted by molar-refractivity contribution is 7.70. The second kappa shape index (κ2) is 4.01. The Morgan fingerprint density at radius 2 is 2.12 bits per heavy atom. The maximum atomic E-state index is 12.0. The van der Waals surface area contributed by atoms with E-state index >= 15 is 0 Å². The molecule has 1 saturated carbocycles. The van der Waals surface area contributed by atoms with Gasteiger partial charge in [0.1, 0.15) is 7.14 Å². The minimum Gasteiger partial charge on any atom is -0.328 e. The third-order valence-corrected chi connectivity index (χ3v) is 4.96. The van der Waals surface area contributed by atoms with E-state index in [4.69, 9.17) is 5.73 Å². The van der Waals surface area contributed by atoms with Gasteiger partial charge in [0.15, 0.2) is 0 Å². The summed E-state index contributed by atoms with van der Waals surface area (Å²) in [6.45, 7) is 5.71. The van der Waals surface area contributed by atoms with Crippen molar-refractivity contribution in [2.24, 2.45) is 11.7 Å². The van der Waals surface area contributed by atoms with Gasteiger partial charge in [0.25, 0.3) is 0 Å². The van der Waals surface area contributed by atoms with Gasteiger partial charge in [0, 0.05) is 11.3 Å². The first-order valence-corrected chi connectivity index (χ1v) is 8.41. The average Bonchev–Trinajstić information content (AvgIpc) is 2.96. The quantitative estimate of drug-likeness (QED) is 0.820. The van der Waals surface area contributed by atoms with Gasteiger partial charge in [-0.25, -0.2) is 0 Å². The summed E-state index contributed by atoms with van der Waals surface area (Å²) in [4.78, 5) is 0. The molecule has 0 spiro atoms. The highest BCUT2D eigenvalue weighted by Crippen LogP contribution is 2.49. The minimum absolute atomic E-state index is 0.267. The van der Waals surface area contributed by atoms with Gasteiger partial charge >= 0.3 is 0 Å². The predicted octanol–water partition coefficient (Wildman–Crippen LogP) is 2.39. The second-order valence-corrected chi connectivity index (χ2v) is 8.53. The molecule has 1 aliphatic rings. The Balaban J connectivity index is 2.22. The van der Waals surface area contributed by atoms with Crippen molar-refractivity contribution in [1.82, 2.24) is 0 Å². The van der Waals surface area contributed by atoms with Crippen LogP contribution in [0.15, 0.2) is 24.3 Å². The maximum absolute atomic E-state index is 12.0. The molecule has 0 saturated heterocycles. The van der Waals surface area contributed by atoms with Crippen molar-refractivity contribution in [2.75, 3.05) is 13.3 Å². The van der Waals surface area contributed by atoms with Crippen LogP contribution >= 0.6 is 7.14 Å². The van der Waals surface area contributed by atoms with Gasteiger partial charge in [0.2, 0.25) is 0 Å². The van der Waals surface area contributed by atoms with E-state index in [1.54, 1.807) is 0 Å². The molecule has 1 aliphatic carbocycles. The third-order valence-electron chi connectivity index (χ3n) is 3.44. The third kappa shape index (κ3) is 2.39. The van der Waals surface area contributed by atoms with Crippen molar-refractivity contribution in [3.05, 3.63) is 29.8 Å². The van der Waals surface area contributed by atoms with Crippen LogP contribution in [0.3, 0.4) is 0 Å². The van der Waals surface area contributed by atoms with E-state index in [2.05, 4.69) is 19.1 Å². The molecule has 16 heavy (non-hydrogen) atoms. The standard InChI is InChI=1S/C13H20NOP/c1-9(14)12-8-13(12)10-5-4-6-11(7-10)16(2,3)15/h4-7,9,12-13H,8,14H2,1-3H3. The maximum Gasteiger partial charge on any atom is 0.109 e. The van der Waals surface area contributed by atoms with E-state index in [9.17, 15) is 4.57 Å². The predicted molar refractivity (Wildman–Crippen MR) is 70.0 cm³/mol. The molecule has 2 N–H and O–H groups in total. The van der Waals surface area contributed by atoms with Crippen LogP contribution in [0.25, 0.3) is 0 Å². The summed E-state index contributed by atoms with van der Waals surface area (Å²) in [6, 6.07) is 8.48. The summed E-state index contributed by atoms with van der Waals surface area (Å²) in [7, 11) is -2.13. The zero-order valence-electron chi connectivity index (χ0n) is 10.2. The van der Waals surface area contributed by atoms with Crippen LogP contribution in [0.5, 0.6) is 0 Å². The SMILES string of the molecule is CC(N)C1CC1c1cccc(P(C)(C)=O)c1. The molecule has 0 radical (unpaired) electrons. The first-order valence-electron chi connectivity index (χ1n) is 5.80. The van der Waals surface area contributed by atoms with Crippen LogP contribution < -0.4 is 11.0 Å². The summed E-state index contributed by atoms with van der Waals surface area (Å²) in [6.07, 6.45) is 1.18. The first kappa shape index (κ1) is 11.9. The molecule has 3 heteroatoms. The first-order chi connectivity index (χ1) is 7.39. The van der Waals surface area contributed by atoms with Crippen molar-refractivity contribution < 1.29 is 4.57 Å². The molecule has 0 aliphatic heterocycles. The summed E-state index contributed by atoms with van der Waals surface area (Å²) in [5.74, 6) is 1.20. The number of benzene rings is 1.